The van der Waals surface area contributed by atoms with Gasteiger partial charge in [0.1, 0.15) is 11.5 Å². The summed E-state index contributed by atoms with van der Waals surface area (Å²) < 4.78 is 0. The van der Waals surface area contributed by atoms with Gasteiger partial charge in [-0.15, -0.1) is 0 Å². The normalized spacial score (nSPS) is 22.0. The van der Waals surface area contributed by atoms with Crippen LogP contribution in [0.4, 0.5) is 0 Å². The number of hydrogen-bond acceptors (Lipinski definition) is 2. The van der Waals surface area contributed by atoms with Gasteiger partial charge in [0.15, 0.2) is 0 Å². The summed E-state index contributed by atoms with van der Waals surface area (Å²) >= 11 is 0. The van der Waals surface area contributed by atoms with Crippen LogP contribution in [-0.2, 0) is 5.41 Å². The van der Waals surface area contributed by atoms with Crippen LogP contribution in [0.1, 0.15) is 219 Å². The summed E-state index contributed by atoms with van der Waals surface area (Å²) in [5.74, 6) is 3.22. The molecular weight excluding hydrogens is 536 g/mol. The van der Waals surface area contributed by atoms with Crippen LogP contribution >= 0.6 is 0 Å². The zero-order chi connectivity index (χ0) is 30.5. The van der Waals surface area contributed by atoms with Gasteiger partial charge in [-0.3, -0.25) is 0 Å². The zero-order valence-corrected chi connectivity index (χ0v) is 28.3. The van der Waals surface area contributed by atoms with Crippen LogP contribution in [-0.4, -0.2) is 10.2 Å². The number of aromatic hydroxyl groups is 2. The molecule has 0 aromatic heterocycles. The average Bonchev–Trinajstić information content (AvgIpc) is 3.09. The topological polar surface area (TPSA) is 40.5 Å². The Morgan fingerprint density at radius 1 is 0.477 bits per heavy atom. The van der Waals surface area contributed by atoms with Gasteiger partial charge < -0.3 is 10.2 Å². The van der Waals surface area contributed by atoms with Crippen LogP contribution in [0, 0.1) is 0 Å². The van der Waals surface area contributed by atoms with E-state index in [-0.39, 0.29) is 5.41 Å². The summed E-state index contributed by atoms with van der Waals surface area (Å²) in [5.41, 5.74) is 7.85. The van der Waals surface area contributed by atoms with Crippen LogP contribution in [0.15, 0.2) is 24.3 Å². The van der Waals surface area contributed by atoms with Crippen molar-refractivity contribution in [3.05, 3.63) is 57.6 Å². The number of rotatable bonds is 9. The third kappa shape index (κ3) is 6.48. The van der Waals surface area contributed by atoms with Crippen molar-refractivity contribution >= 4 is 0 Å². The molecule has 242 valence electrons. The minimum absolute atomic E-state index is 0.101. The Kier molecular flexibility index (Phi) is 10.6. The third-order valence-electron chi connectivity index (χ3n) is 12.9. The third-order valence-corrected chi connectivity index (χ3v) is 12.9. The second kappa shape index (κ2) is 14.6. The fourth-order valence-corrected chi connectivity index (χ4v) is 10.3. The molecule has 0 heterocycles. The van der Waals surface area contributed by atoms with Crippen molar-refractivity contribution in [3.63, 3.8) is 0 Å². The van der Waals surface area contributed by atoms with Crippen LogP contribution in [0.2, 0.25) is 0 Å². The van der Waals surface area contributed by atoms with Gasteiger partial charge in [0.2, 0.25) is 0 Å². The van der Waals surface area contributed by atoms with Crippen molar-refractivity contribution in [1.29, 1.82) is 0 Å². The van der Waals surface area contributed by atoms with E-state index < -0.39 is 0 Å². The van der Waals surface area contributed by atoms with Gasteiger partial charge in [-0.1, -0.05) is 122 Å². The Morgan fingerprint density at radius 3 is 0.977 bits per heavy atom. The number of benzene rings is 2. The largest absolute Gasteiger partial charge is 0.507 e. The SMILES string of the molecule is CCCC(CC)(c1cc(C2CCCCC2)c(O)c(C2CCCCC2)c1)c1cc(C2CCCCC2)c(O)c(C2CCCCC2)c1. The van der Waals surface area contributed by atoms with E-state index in [1.165, 1.54) is 162 Å². The lowest BCUT2D eigenvalue weighted by molar-refractivity contribution is 0.384. The molecule has 0 bridgehead atoms. The Bertz CT molecular complexity index is 1050. The Balaban J connectivity index is 1.54. The molecule has 2 N–H and O–H groups in total. The van der Waals surface area contributed by atoms with Crippen molar-refractivity contribution in [3.8, 4) is 11.5 Å². The van der Waals surface area contributed by atoms with Crippen molar-refractivity contribution in [2.24, 2.45) is 0 Å². The lowest BCUT2D eigenvalue weighted by atomic mass is 9.65. The lowest BCUT2D eigenvalue weighted by Crippen LogP contribution is -2.29. The molecule has 0 atom stereocenters. The van der Waals surface area contributed by atoms with Crippen LogP contribution in [0.5, 0.6) is 11.5 Å². The maximum Gasteiger partial charge on any atom is 0.122 e. The zero-order valence-electron chi connectivity index (χ0n) is 28.3. The van der Waals surface area contributed by atoms with E-state index >= 15 is 0 Å². The van der Waals surface area contributed by atoms with E-state index in [4.69, 9.17) is 0 Å². The molecule has 0 aliphatic heterocycles. The predicted molar refractivity (Wildman–Crippen MR) is 185 cm³/mol. The highest BCUT2D eigenvalue weighted by Crippen LogP contribution is 2.52. The molecule has 4 aliphatic carbocycles. The lowest BCUT2D eigenvalue weighted by Gasteiger charge is -2.39. The standard InChI is InChI=1S/C42H62O2/c1-3-25-42(4-2,34-26-36(30-17-9-5-10-18-30)40(43)37(27-34)31-19-11-6-12-20-31)35-28-38(32-21-13-7-14-22-32)41(44)39(29-35)33-23-15-8-16-24-33/h26-33,43-44H,3-25H2,1-2H3. The molecule has 44 heavy (non-hydrogen) atoms. The maximum absolute atomic E-state index is 12.0. The quantitative estimate of drug-likeness (QED) is 0.301. The molecule has 4 fully saturated rings. The predicted octanol–water partition coefficient (Wildman–Crippen LogP) is 12.8. The van der Waals surface area contributed by atoms with Crippen molar-refractivity contribution in [1.82, 2.24) is 0 Å². The molecule has 0 spiro atoms. The van der Waals surface area contributed by atoms with Gasteiger partial charge in [0, 0.05) is 5.41 Å². The highest BCUT2D eigenvalue weighted by atomic mass is 16.3. The monoisotopic (exact) mass is 598 g/mol. The summed E-state index contributed by atoms with van der Waals surface area (Å²) in [5, 5.41) is 24.0. The van der Waals surface area contributed by atoms with Gasteiger partial charge >= 0.3 is 0 Å². The highest BCUT2D eigenvalue weighted by molar-refractivity contribution is 5.56. The summed E-state index contributed by atoms with van der Waals surface area (Å²) in [6, 6.07) is 9.96. The highest BCUT2D eigenvalue weighted by Gasteiger charge is 2.37. The number of hydrogen-bond donors (Lipinski definition) is 2. The Morgan fingerprint density at radius 2 is 0.750 bits per heavy atom. The molecule has 4 saturated carbocycles. The van der Waals surface area contributed by atoms with Crippen molar-refractivity contribution in [2.75, 3.05) is 0 Å². The van der Waals surface area contributed by atoms with E-state index in [1.807, 2.05) is 0 Å². The maximum atomic E-state index is 12.0. The number of phenols is 2. The second-order valence-corrected chi connectivity index (χ2v) is 15.5. The summed E-state index contributed by atoms with van der Waals surface area (Å²) in [7, 11) is 0. The van der Waals surface area contributed by atoms with Gasteiger partial charge in [-0.2, -0.15) is 0 Å². The van der Waals surface area contributed by atoms with Crippen molar-refractivity contribution in [2.45, 2.75) is 191 Å². The summed E-state index contributed by atoms with van der Waals surface area (Å²) in [6.07, 6.45) is 28.6. The molecule has 4 aliphatic rings. The first kappa shape index (κ1) is 32.0. The Labute approximate surface area is 269 Å². The molecule has 2 nitrogen and oxygen atoms in total. The smallest absolute Gasteiger partial charge is 0.122 e. The molecule has 2 heteroatoms. The molecule has 0 amide bonds. The van der Waals surface area contributed by atoms with Gasteiger partial charge in [-0.05, 0) is 121 Å². The van der Waals surface area contributed by atoms with Crippen LogP contribution in [0.3, 0.4) is 0 Å². The van der Waals surface area contributed by atoms with Gasteiger partial charge in [0.05, 0.1) is 0 Å². The molecule has 6 rings (SSSR count). The minimum Gasteiger partial charge on any atom is -0.507 e. The fraction of sp³-hybridized carbons (Fsp3) is 0.714. The molecule has 2 aromatic carbocycles. The first-order valence-electron chi connectivity index (χ1n) is 19.3. The molecular formula is C42H62O2. The molecule has 2 aromatic rings. The average molecular weight is 599 g/mol. The minimum atomic E-state index is -0.101. The van der Waals surface area contributed by atoms with Gasteiger partial charge in [0.25, 0.3) is 0 Å². The summed E-state index contributed by atoms with van der Waals surface area (Å²) in [4.78, 5) is 0. The first-order valence-corrected chi connectivity index (χ1v) is 19.3. The second-order valence-electron chi connectivity index (χ2n) is 15.5. The van der Waals surface area contributed by atoms with Crippen LogP contribution in [0.25, 0.3) is 0 Å². The number of phenolic OH excluding ortho intramolecular Hbond substituents is 2. The van der Waals surface area contributed by atoms with Crippen LogP contribution < -0.4 is 0 Å². The van der Waals surface area contributed by atoms with Gasteiger partial charge in [-0.25, -0.2) is 0 Å². The molecule has 0 radical (unpaired) electrons. The van der Waals surface area contributed by atoms with Crippen molar-refractivity contribution < 1.29 is 10.2 Å². The first-order chi connectivity index (χ1) is 21.6. The van der Waals surface area contributed by atoms with E-state index in [2.05, 4.69) is 38.1 Å². The van der Waals surface area contributed by atoms with E-state index in [0.29, 0.717) is 35.2 Å². The van der Waals surface area contributed by atoms with E-state index in [9.17, 15) is 10.2 Å². The van der Waals surface area contributed by atoms with E-state index in [0.717, 1.165) is 19.3 Å². The Hall–Kier alpha value is -1.96. The molecule has 0 unspecified atom stereocenters. The summed E-state index contributed by atoms with van der Waals surface area (Å²) in [6.45, 7) is 4.77. The fourth-order valence-electron chi connectivity index (χ4n) is 10.3. The molecule has 0 saturated heterocycles. The van der Waals surface area contributed by atoms with E-state index in [1.54, 1.807) is 0 Å².